The van der Waals surface area contributed by atoms with Crippen molar-refractivity contribution >= 4 is 15.9 Å². The molecule has 1 aromatic rings. The Balaban J connectivity index is 1.79. The average Bonchev–Trinajstić information content (AvgIpc) is 2.38. The second-order valence-electron chi connectivity index (χ2n) is 6.04. The van der Waals surface area contributed by atoms with E-state index in [1.54, 1.807) is 0 Å². The van der Waals surface area contributed by atoms with Crippen LogP contribution in [0.15, 0.2) is 28.7 Å². The Morgan fingerprint density at radius 1 is 1.26 bits per heavy atom. The predicted octanol–water partition coefficient (Wildman–Crippen LogP) is 3.93. The highest BCUT2D eigenvalue weighted by Gasteiger charge is 2.27. The summed E-state index contributed by atoms with van der Waals surface area (Å²) in [6, 6.07) is 8.54. The lowest BCUT2D eigenvalue weighted by molar-refractivity contribution is 0.226. The summed E-state index contributed by atoms with van der Waals surface area (Å²) in [5.74, 6) is 0. The van der Waals surface area contributed by atoms with E-state index < -0.39 is 0 Å². The van der Waals surface area contributed by atoms with Gasteiger partial charge in [0.25, 0.3) is 0 Å². The highest BCUT2D eigenvalue weighted by Crippen LogP contribution is 2.28. The minimum atomic E-state index is 0.101. The van der Waals surface area contributed by atoms with E-state index in [1.165, 1.54) is 37.7 Å². The molecule has 19 heavy (non-hydrogen) atoms. The maximum absolute atomic E-state index is 6.49. The minimum Gasteiger partial charge on any atom is -0.325 e. The lowest BCUT2D eigenvalue weighted by atomic mass is 9.80. The summed E-state index contributed by atoms with van der Waals surface area (Å²) in [5, 5.41) is 0. The third kappa shape index (κ3) is 4.90. The van der Waals surface area contributed by atoms with E-state index in [0.717, 1.165) is 24.0 Å². The van der Waals surface area contributed by atoms with Crippen LogP contribution in [0.5, 0.6) is 0 Å². The first kappa shape index (κ1) is 15.0. The minimum absolute atomic E-state index is 0.101. The summed E-state index contributed by atoms with van der Waals surface area (Å²) < 4.78 is 1.15. The number of nitrogens with zero attached hydrogens (tertiary/aromatic N) is 1. The molecule has 106 valence electrons. The third-order valence-corrected chi connectivity index (χ3v) is 4.68. The van der Waals surface area contributed by atoms with Gasteiger partial charge in [-0.2, -0.15) is 0 Å². The summed E-state index contributed by atoms with van der Waals surface area (Å²) >= 11 is 3.52. The zero-order valence-electron chi connectivity index (χ0n) is 11.9. The van der Waals surface area contributed by atoms with Crippen molar-refractivity contribution in [1.29, 1.82) is 0 Å². The number of hydrogen-bond donors (Lipinski definition) is 1. The Morgan fingerprint density at radius 2 is 2.00 bits per heavy atom. The van der Waals surface area contributed by atoms with Gasteiger partial charge in [0.2, 0.25) is 0 Å². The fourth-order valence-corrected chi connectivity index (χ4v) is 3.39. The van der Waals surface area contributed by atoms with Gasteiger partial charge in [0.15, 0.2) is 0 Å². The van der Waals surface area contributed by atoms with Gasteiger partial charge in [-0.05, 0) is 50.6 Å². The molecule has 0 aliphatic heterocycles. The first-order chi connectivity index (χ1) is 9.07. The topological polar surface area (TPSA) is 29.3 Å². The van der Waals surface area contributed by atoms with Gasteiger partial charge in [0.1, 0.15) is 0 Å². The molecule has 0 radical (unpaired) electrons. The summed E-state index contributed by atoms with van der Waals surface area (Å²) in [6.45, 7) is 2.08. The summed E-state index contributed by atoms with van der Waals surface area (Å²) in [4.78, 5) is 2.38. The van der Waals surface area contributed by atoms with Crippen molar-refractivity contribution in [3.63, 3.8) is 0 Å². The van der Waals surface area contributed by atoms with Crippen LogP contribution < -0.4 is 5.73 Å². The molecular weight excluding hydrogens is 300 g/mol. The van der Waals surface area contributed by atoms with Crippen LogP contribution >= 0.6 is 15.9 Å². The molecule has 1 aliphatic carbocycles. The van der Waals surface area contributed by atoms with Crippen molar-refractivity contribution < 1.29 is 0 Å². The van der Waals surface area contributed by atoms with Gasteiger partial charge in [-0.15, -0.1) is 0 Å². The number of halogens is 1. The van der Waals surface area contributed by atoms with Crippen molar-refractivity contribution in [3.8, 4) is 0 Å². The summed E-state index contributed by atoms with van der Waals surface area (Å²) in [7, 11) is 2.19. The van der Waals surface area contributed by atoms with Crippen molar-refractivity contribution in [3.05, 3.63) is 34.3 Å². The van der Waals surface area contributed by atoms with E-state index in [9.17, 15) is 0 Å². The number of hydrogen-bond acceptors (Lipinski definition) is 2. The van der Waals surface area contributed by atoms with Crippen molar-refractivity contribution in [2.24, 2.45) is 5.73 Å². The lowest BCUT2D eigenvalue weighted by Crippen LogP contribution is -2.44. The van der Waals surface area contributed by atoms with Gasteiger partial charge in [0, 0.05) is 16.6 Å². The molecule has 3 heteroatoms. The van der Waals surface area contributed by atoms with E-state index >= 15 is 0 Å². The van der Waals surface area contributed by atoms with Crippen molar-refractivity contribution in [1.82, 2.24) is 4.90 Å². The molecule has 1 aliphatic rings. The molecule has 2 nitrogen and oxygen atoms in total. The second-order valence-corrected chi connectivity index (χ2v) is 6.96. The third-order valence-electron chi connectivity index (χ3n) is 4.18. The maximum Gasteiger partial charge on any atom is 0.0231 e. The van der Waals surface area contributed by atoms with Gasteiger partial charge in [-0.1, -0.05) is 47.3 Å². The molecule has 0 saturated heterocycles. The monoisotopic (exact) mass is 324 g/mol. The van der Waals surface area contributed by atoms with Crippen LogP contribution in [0.4, 0.5) is 0 Å². The number of benzene rings is 1. The Bertz CT molecular complexity index is 399. The zero-order chi connectivity index (χ0) is 13.7. The van der Waals surface area contributed by atoms with Crippen molar-refractivity contribution in [2.45, 2.75) is 50.6 Å². The van der Waals surface area contributed by atoms with Gasteiger partial charge in [-0.3, -0.25) is 0 Å². The van der Waals surface area contributed by atoms with Gasteiger partial charge < -0.3 is 10.6 Å². The number of nitrogens with two attached hydrogens (primary N) is 1. The van der Waals surface area contributed by atoms with Crippen LogP contribution in [0.3, 0.4) is 0 Å². The van der Waals surface area contributed by atoms with Crippen LogP contribution in [0, 0.1) is 0 Å². The van der Waals surface area contributed by atoms with E-state index in [1.807, 2.05) is 0 Å². The van der Waals surface area contributed by atoms with Crippen LogP contribution in [0.2, 0.25) is 0 Å². The van der Waals surface area contributed by atoms with E-state index in [0.29, 0.717) is 0 Å². The first-order valence-corrected chi connectivity index (χ1v) is 8.09. The Labute approximate surface area is 125 Å². The molecule has 2 N–H and O–H groups in total. The lowest BCUT2D eigenvalue weighted by Gasteiger charge is -2.34. The van der Waals surface area contributed by atoms with E-state index in [4.69, 9.17) is 5.73 Å². The van der Waals surface area contributed by atoms with Crippen LogP contribution in [-0.2, 0) is 6.54 Å². The molecule has 0 spiro atoms. The first-order valence-electron chi connectivity index (χ1n) is 7.29. The second kappa shape index (κ2) is 6.87. The molecule has 0 heterocycles. The molecule has 0 unspecified atom stereocenters. The average molecular weight is 325 g/mol. The standard InChI is InChI=1S/C16H25BrN2/c1-19(13-14-6-5-7-15(17)12-14)11-10-16(18)8-3-2-4-9-16/h5-7,12H,2-4,8-11,13,18H2,1H3. The smallest absolute Gasteiger partial charge is 0.0231 e. The van der Waals surface area contributed by atoms with E-state index in [-0.39, 0.29) is 5.54 Å². The van der Waals surface area contributed by atoms with Crippen LogP contribution in [0.1, 0.15) is 44.1 Å². The predicted molar refractivity (Wildman–Crippen MR) is 85.1 cm³/mol. The summed E-state index contributed by atoms with van der Waals surface area (Å²) in [5.41, 5.74) is 7.94. The molecule has 1 fully saturated rings. The molecule has 0 atom stereocenters. The SMILES string of the molecule is CN(CCC1(N)CCCCC1)Cc1cccc(Br)c1. The van der Waals surface area contributed by atoms with Gasteiger partial charge in [-0.25, -0.2) is 0 Å². The maximum atomic E-state index is 6.49. The van der Waals surface area contributed by atoms with Crippen LogP contribution in [0.25, 0.3) is 0 Å². The summed E-state index contributed by atoms with van der Waals surface area (Å²) in [6.07, 6.45) is 7.53. The molecule has 1 saturated carbocycles. The Morgan fingerprint density at radius 3 is 2.68 bits per heavy atom. The normalized spacial score (nSPS) is 18.7. The zero-order valence-corrected chi connectivity index (χ0v) is 13.5. The molecule has 0 aromatic heterocycles. The highest BCUT2D eigenvalue weighted by atomic mass is 79.9. The quantitative estimate of drug-likeness (QED) is 0.889. The van der Waals surface area contributed by atoms with Crippen LogP contribution in [-0.4, -0.2) is 24.0 Å². The molecule has 0 bridgehead atoms. The van der Waals surface area contributed by atoms with Crippen molar-refractivity contribution in [2.75, 3.05) is 13.6 Å². The fraction of sp³-hybridized carbons (Fsp3) is 0.625. The molecule has 1 aromatic carbocycles. The van der Waals surface area contributed by atoms with Gasteiger partial charge in [0.05, 0.1) is 0 Å². The Kier molecular flexibility index (Phi) is 5.43. The molecule has 2 rings (SSSR count). The molecule has 0 amide bonds. The fourth-order valence-electron chi connectivity index (χ4n) is 2.95. The van der Waals surface area contributed by atoms with Gasteiger partial charge >= 0.3 is 0 Å². The number of rotatable bonds is 5. The van der Waals surface area contributed by atoms with E-state index in [2.05, 4.69) is 52.1 Å². The molecular formula is C16H25BrN2. The highest BCUT2D eigenvalue weighted by molar-refractivity contribution is 9.10. The Hall–Kier alpha value is -0.380. The largest absolute Gasteiger partial charge is 0.325 e.